The fourth-order valence-corrected chi connectivity index (χ4v) is 6.09. The standard InChI is InChI=1S/C28H25N7O4S/c1-3-21(36)32-17-10-7-11-18(17)33-25(37)24-23-22-19(12-13-29-26(22)40-24)35(28(38)34-23)20-14-30-27(31-15(20)2)39-16-8-5-4-6-9-16/h3-6,8-9,12-14,17-18H,1,7,10-11H2,2H3,(H,32,36)(H,33,37)(H,34,38)/t17-,18+/m0/s1. The Morgan fingerprint density at radius 3 is 2.65 bits per heavy atom. The lowest BCUT2D eigenvalue weighted by molar-refractivity contribution is -0.117. The molecular formula is C28H25N7O4S. The number of urea groups is 1. The monoisotopic (exact) mass is 555 g/mol. The molecule has 0 saturated heterocycles. The molecule has 1 saturated carbocycles. The summed E-state index contributed by atoms with van der Waals surface area (Å²) in [7, 11) is 0. The van der Waals surface area contributed by atoms with E-state index in [0.717, 1.165) is 19.3 Å². The summed E-state index contributed by atoms with van der Waals surface area (Å²) in [6, 6.07) is 10.2. The molecule has 1 aromatic carbocycles. The first-order valence-electron chi connectivity index (χ1n) is 12.8. The summed E-state index contributed by atoms with van der Waals surface area (Å²) in [4.78, 5) is 54.4. The van der Waals surface area contributed by atoms with Gasteiger partial charge in [0.25, 0.3) is 5.91 Å². The van der Waals surface area contributed by atoms with E-state index in [1.165, 1.54) is 28.5 Å². The third-order valence-corrected chi connectivity index (χ3v) is 8.02. The number of pyridine rings is 1. The van der Waals surface area contributed by atoms with Gasteiger partial charge in [0.2, 0.25) is 5.91 Å². The Labute approximate surface area is 233 Å². The molecule has 12 heteroatoms. The second-order valence-electron chi connectivity index (χ2n) is 9.45. The van der Waals surface area contributed by atoms with Crippen molar-refractivity contribution < 1.29 is 19.1 Å². The topological polar surface area (TPSA) is 138 Å². The van der Waals surface area contributed by atoms with Crippen molar-refractivity contribution in [1.29, 1.82) is 0 Å². The molecule has 0 radical (unpaired) electrons. The summed E-state index contributed by atoms with van der Waals surface area (Å²) in [6.45, 7) is 5.27. The molecule has 0 unspecified atom stereocenters. The molecular weight excluding hydrogens is 530 g/mol. The van der Waals surface area contributed by atoms with Gasteiger partial charge in [0, 0.05) is 18.3 Å². The van der Waals surface area contributed by atoms with Crippen molar-refractivity contribution in [2.24, 2.45) is 0 Å². The van der Waals surface area contributed by atoms with E-state index in [-0.39, 0.29) is 29.9 Å². The van der Waals surface area contributed by atoms with Gasteiger partial charge in [0.15, 0.2) is 0 Å². The van der Waals surface area contributed by atoms with Crippen LogP contribution in [-0.2, 0) is 4.79 Å². The summed E-state index contributed by atoms with van der Waals surface area (Å²) in [5.41, 5.74) is 1.99. The van der Waals surface area contributed by atoms with Crippen LogP contribution in [0.1, 0.15) is 34.6 Å². The molecule has 3 aromatic heterocycles. The van der Waals surface area contributed by atoms with Crippen molar-refractivity contribution in [3.63, 3.8) is 0 Å². The van der Waals surface area contributed by atoms with Gasteiger partial charge in [-0.3, -0.25) is 14.5 Å². The normalized spacial score (nSPS) is 17.8. The summed E-state index contributed by atoms with van der Waals surface area (Å²) < 4.78 is 5.74. The molecule has 1 aliphatic carbocycles. The maximum Gasteiger partial charge on any atom is 0.331 e. The minimum Gasteiger partial charge on any atom is -0.424 e. The van der Waals surface area contributed by atoms with E-state index < -0.39 is 6.03 Å². The maximum absolute atomic E-state index is 13.5. The van der Waals surface area contributed by atoms with Crippen LogP contribution in [0.3, 0.4) is 0 Å². The Balaban J connectivity index is 1.30. The van der Waals surface area contributed by atoms with Gasteiger partial charge in [-0.05, 0) is 50.5 Å². The van der Waals surface area contributed by atoms with E-state index in [1.807, 2.05) is 18.2 Å². The molecule has 6 rings (SSSR count). The van der Waals surface area contributed by atoms with E-state index in [2.05, 4.69) is 37.5 Å². The maximum atomic E-state index is 13.5. The highest BCUT2D eigenvalue weighted by Crippen LogP contribution is 2.46. The average molecular weight is 556 g/mol. The Morgan fingerprint density at radius 1 is 1.12 bits per heavy atom. The van der Waals surface area contributed by atoms with E-state index in [9.17, 15) is 14.4 Å². The fourth-order valence-electron chi connectivity index (χ4n) is 5.07. The van der Waals surface area contributed by atoms with Crippen LogP contribution in [-0.4, -0.2) is 44.9 Å². The lowest BCUT2D eigenvalue weighted by atomic mass is 10.1. The summed E-state index contributed by atoms with van der Waals surface area (Å²) in [6.07, 6.45) is 6.73. The van der Waals surface area contributed by atoms with Crippen LogP contribution in [0.15, 0.2) is 61.4 Å². The molecule has 0 spiro atoms. The first-order chi connectivity index (χ1) is 19.4. The minimum atomic E-state index is -0.451. The van der Waals surface area contributed by atoms with E-state index in [0.29, 0.717) is 43.6 Å². The highest BCUT2D eigenvalue weighted by molar-refractivity contribution is 7.21. The van der Waals surface area contributed by atoms with Crippen molar-refractivity contribution in [1.82, 2.24) is 25.6 Å². The van der Waals surface area contributed by atoms with Gasteiger partial charge in [-0.2, -0.15) is 4.98 Å². The van der Waals surface area contributed by atoms with Gasteiger partial charge in [0.1, 0.15) is 15.5 Å². The number of para-hydroxylation sites is 1. The largest absolute Gasteiger partial charge is 0.424 e. The average Bonchev–Trinajstić information content (AvgIpc) is 3.55. The Bertz CT molecular complexity index is 1660. The number of aryl methyl sites for hydroxylation is 1. The molecule has 0 bridgehead atoms. The molecule has 1 fully saturated rings. The summed E-state index contributed by atoms with van der Waals surface area (Å²) in [5, 5.41) is 9.47. The number of aromatic nitrogens is 3. The molecule has 40 heavy (non-hydrogen) atoms. The van der Waals surface area contributed by atoms with Gasteiger partial charge in [-0.25, -0.2) is 14.8 Å². The number of rotatable bonds is 7. The number of benzene rings is 1. The lowest BCUT2D eigenvalue weighted by Crippen LogP contribution is -2.48. The number of carbonyl (C=O) groups is 3. The third kappa shape index (κ3) is 4.62. The minimum absolute atomic E-state index is 0.161. The van der Waals surface area contributed by atoms with Crippen LogP contribution >= 0.6 is 11.3 Å². The molecule has 4 aromatic rings. The van der Waals surface area contributed by atoms with Gasteiger partial charge >= 0.3 is 12.0 Å². The Hall–Kier alpha value is -4.84. The SMILES string of the molecule is C=CC(=O)N[C@H]1CCC[C@H]1NC(=O)c1sc2nccc3c2c1NC(=O)N3c1cnc(Oc2ccccc2)nc1C. The number of nitrogens with zero attached hydrogens (tertiary/aromatic N) is 4. The molecule has 1 aliphatic heterocycles. The molecule has 3 N–H and O–H groups in total. The molecule has 2 atom stereocenters. The molecule has 11 nitrogen and oxygen atoms in total. The fraction of sp³-hybridized carbons (Fsp3) is 0.214. The van der Waals surface area contributed by atoms with Crippen molar-refractivity contribution in [3.8, 4) is 11.8 Å². The highest BCUT2D eigenvalue weighted by atomic mass is 32.1. The van der Waals surface area contributed by atoms with Gasteiger partial charge in [0.05, 0.1) is 34.3 Å². The van der Waals surface area contributed by atoms with Crippen LogP contribution < -0.4 is 25.6 Å². The number of anilines is 3. The van der Waals surface area contributed by atoms with Crippen LogP contribution in [0.2, 0.25) is 0 Å². The number of ether oxygens (including phenoxy) is 1. The lowest BCUT2D eigenvalue weighted by Gasteiger charge is -2.29. The first kappa shape index (κ1) is 25.4. The second kappa shape index (κ2) is 10.4. The van der Waals surface area contributed by atoms with Crippen molar-refractivity contribution in [2.75, 3.05) is 10.2 Å². The van der Waals surface area contributed by atoms with E-state index in [4.69, 9.17) is 4.74 Å². The predicted octanol–water partition coefficient (Wildman–Crippen LogP) is 4.82. The van der Waals surface area contributed by atoms with Crippen LogP contribution in [0.25, 0.3) is 10.2 Å². The van der Waals surface area contributed by atoms with Crippen molar-refractivity contribution in [3.05, 3.63) is 72.0 Å². The first-order valence-corrected chi connectivity index (χ1v) is 13.6. The number of hydrogen-bond acceptors (Lipinski definition) is 8. The van der Waals surface area contributed by atoms with E-state index in [1.54, 1.807) is 31.3 Å². The van der Waals surface area contributed by atoms with Crippen LogP contribution in [0.5, 0.6) is 11.8 Å². The smallest absolute Gasteiger partial charge is 0.331 e. The van der Waals surface area contributed by atoms with Crippen molar-refractivity contribution in [2.45, 2.75) is 38.3 Å². The summed E-state index contributed by atoms with van der Waals surface area (Å²) in [5.74, 6) is -0.00504. The predicted molar refractivity (Wildman–Crippen MR) is 151 cm³/mol. The zero-order valence-electron chi connectivity index (χ0n) is 21.5. The molecule has 202 valence electrons. The van der Waals surface area contributed by atoms with Crippen molar-refractivity contribution >= 4 is 56.5 Å². The van der Waals surface area contributed by atoms with Gasteiger partial charge in [-0.15, -0.1) is 11.3 Å². The number of hydrogen-bond donors (Lipinski definition) is 3. The zero-order chi connectivity index (χ0) is 27.8. The van der Waals surface area contributed by atoms with Gasteiger partial charge in [-0.1, -0.05) is 24.8 Å². The van der Waals surface area contributed by atoms with Crippen LogP contribution in [0.4, 0.5) is 21.9 Å². The number of amides is 4. The Morgan fingerprint density at radius 2 is 1.90 bits per heavy atom. The summed E-state index contributed by atoms with van der Waals surface area (Å²) >= 11 is 1.20. The quantitative estimate of drug-likeness (QED) is 0.278. The zero-order valence-corrected chi connectivity index (χ0v) is 22.3. The van der Waals surface area contributed by atoms with Crippen LogP contribution in [0, 0.1) is 6.92 Å². The molecule has 4 heterocycles. The van der Waals surface area contributed by atoms with Gasteiger partial charge < -0.3 is 20.7 Å². The molecule has 4 amide bonds. The number of nitrogens with one attached hydrogen (secondary N) is 3. The number of thiophene rings is 1. The Kier molecular flexibility index (Phi) is 6.60. The van der Waals surface area contributed by atoms with E-state index >= 15 is 0 Å². The molecule has 2 aliphatic rings. The second-order valence-corrected chi connectivity index (χ2v) is 10.4. The highest BCUT2D eigenvalue weighted by Gasteiger charge is 2.36. The number of carbonyl (C=O) groups excluding carboxylic acids is 3. The third-order valence-electron chi connectivity index (χ3n) is 6.92.